The molecule has 3 heterocycles. The van der Waals surface area contributed by atoms with E-state index in [4.69, 9.17) is 4.74 Å². The van der Waals surface area contributed by atoms with Crippen molar-refractivity contribution in [3.05, 3.63) is 48.3 Å². The fourth-order valence-corrected chi connectivity index (χ4v) is 4.66. The lowest BCUT2D eigenvalue weighted by atomic mass is 9.98. The fourth-order valence-electron chi connectivity index (χ4n) is 4.66. The first-order valence-electron chi connectivity index (χ1n) is 11.0. The van der Waals surface area contributed by atoms with Crippen molar-refractivity contribution >= 4 is 0 Å². The summed E-state index contributed by atoms with van der Waals surface area (Å²) in [5, 5.41) is 9.63. The maximum Gasteiger partial charge on any atom is 0.321 e. The molecule has 1 unspecified atom stereocenters. The normalized spacial score (nSPS) is 22.3. The molecule has 162 valence electrons. The molecule has 2 aliphatic rings. The Morgan fingerprint density at radius 3 is 2.47 bits per heavy atom. The number of aliphatic hydroxyl groups excluding tert-OH is 1. The third-order valence-corrected chi connectivity index (χ3v) is 6.31. The van der Waals surface area contributed by atoms with Gasteiger partial charge in [-0.1, -0.05) is 12.1 Å². The van der Waals surface area contributed by atoms with Gasteiger partial charge < -0.3 is 14.7 Å². The van der Waals surface area contributed by atoms with Gasteiger partial charge in [0.15, 0.2) is 0 Å². The van der Waals surface area contributed by atoms with Crippen molar-refractivity contribution in [2.45, 2.75) is 37.9 Å². The van der Waals surface area contributed by atoms with Gasteiger partial charge >= 0.3 is 6.01 Å². The quantitative estimate of drug-likeness (QED) is 0.749. The molecule has 0 amide bonds. The molecule has 2 fully saturated rings. The summed E-state index contributed by atoms with van der Waals surface area (Å²) >= 11 is 0. The molecule has 2 aromatic rings. The molecule has 0 aliphatic carbocycles. The largest absolute Gasteiger partial charge is 0.424 e. The van der Waals surface area contributed by atoms with Crippen LogP contribution in [0.3, 0.4) is 0 Å². The summed E-state index contributed by atoms with van der Waals surface area (Å²) in [4.78, 5) is 15.8. The fraction of sp³-hybridized carbons (Fsp3) is 0.565. The molecule has 1 N–H and O–H groups in total. The molecule has 4 rings (SSSR count). The van der Waals surface area contributed by atoms with Crippen LogP contribution >= 0.6 is 0 Å². The van der Waals surface area contributed by atoms with E-state index in [9.17, 15) is 5.11 Å². The SMILES string of the molecule is CN1CCC(N2CCN(Cc3ccc(Oc4ncccn4)cc3)CC2CCO)CC1. The third kappa shape index (κ3) is 5.55. The van der Waals surface area contributed by atoms with E-state index in [2.05, 4.69) is 43.8 Å². The average molecular weight is 412 g/mol. The Morgan fingerprint density at radius 1 is 1.03 bits per heavy atom. The number of benzene rings is 1. The van der Waals surface area contributed by atoms with Crippen LogP contribution in [0.2, 0.25) is 0 Å². The van der Waals surface area contributed by atoms with E-state index < -0.39 is 0 Å². The lowest BCUT2D eigenvalue weighted by Crippen LogP contribution is -2.58. The number of aliphatic hydroxyl groups is 1. The predicted octanol–water partition coefficient (Wildman–Crippen LogP) is 2.23. The van der Waals surface area contributed by atoms with Crippen molar-refractivity contribution < 1.29 is 9.84 Å². The van der Waals surface area contributed by atoms with Gasteiger partial charge in [-0.3, -0.25) is 9.80 Å². The summed E-state index contributed by atoms with van der Waals surface area (Å²) in [6, 6.07) is 11.4. The smallest absolute Gasteiger partial charge is 0.321 e. The Kier molecular flexibility index (Phi) is 7.28. The minimum absolute atomic E-state index is 0.259. The van der Waals surface area contributed by atoms with Gasteiger partial charge in [0.05, 0.1) is 0 Å². The molecule has 0 saturated carbocycles. The van der Waals surface area contributed by atoms with Crippen molar-refractivity contribution in [3.63, 3.8) is 0 Å². The highest BCUT2D eigenvalue weighted by Crippen LogP contribution is 2.24. The average Bonchev–Trinajstić information content (AvgIpc) is 2.77. The van der Waals surface area contributed by atoms with Gasteiger partial charge in [0.25, 0.3) is 0 Å². The summed E-state index contributed by atoms with van der Waals surface area (Å²) in [6.07, 6.45) is 6.68. The summed E-state index contributed by atoms with van der Waals surface area (Å²) in [7, 11) is 2.21. The minimum atomic E-state index is 0.259. The second-order valence-electron chi connectivity index (χ2n) is 8.45. The molecule has 0 bridgehead atoms. The molecule has 1 aromatic heterocycles. The van der Waals surface area contributed by atoms with E-state index in [0.29, 0.717) is 18.1 Å². The molecule has 1 atom stereocenters. The van der Waals surface area contributed by atoms with Crippen molar-refractivity contribution in [2.24, 2.45) is 0 Å². The Labute approximate surface area is 179 Å². The second-order valence-corrected chi connectivity index (χ2v) is 8.45. The molecule has 0 radical (unpaired) electrons. The number of piperazine rings is 1. The molecule has 7 nitrogen and oxygen atoms in total. The van der Waals surface area contributed by atoms with Crippen LogP contribution in [0.4, 0.5) is 0 Å². The lowest BCUT2D eigenvalue weighted by Gasteiger charge is -2.47. The summed E-state index contributed by atoms with van der Waals surface area (Å²) < 4.78 is 5.69. The highest BCUT2D eigenvalue weighted by atomic mass is 16.5. The van der Waals surface area contributed by atoms with Crippen LogP contribution in [0, 0.1) is 0 Å². The highest BCUT2D eigenvalue weighted by molar-refractivity contribution is 5.29. The number of aromatic nitrogens is 2. The summed E-state index contributed by atoms with van der Waals surface area (Å²) in [6.45, 7) is 6.72. The van der Waals surface area contributed by atoms with E-state index >= 15 is 0 Å². The molecule has 30 heavy (non-hydrogen) atoms. The lowest BCUT2D eigenvalue weighted by molar-refractivity contribution is 0.00599. The Bertz CT molecular complexity index is 765. The molecular weight excluding hydrogens is 378 g/mol. The van der Waals surface area contributed by atoms with Gasteiger partial charge in [-0.25, -0.2) is 9.97 Å². The van der Waals surface area contributed by atoms with Gasteiger partial charge in [-0.05, 0) is 63.2 Å². The van der Waals surface area contributed by atoms with Crippen LogP contribution < -0.4 is 4.74 Å². The van der Waals surface area contributed by atoms with Crippen LogP contribution in [-0.4, -0.2) is 88.2 Å². The number of hydrogen-bond donors (Lipinski definition) is 1. The first-order chi connectivity index (χ1) is 14.7. The number of hydrogen-bond acceptors (Lipinski definition) is 7. The van der Waals surface area contributed by atoms with E-state index in [0.717, 1.165) is 38.3 Å². The topological polar surface area (TPSA) is 65.0 Å². The standard InChI is InChI=1S/C23H33N5O2/c1-26-12-7-20(8-13-26)28-15-14-27(18-21(28)9-16-29)17-19-3-5-22(6-4-19)30-23-24-10-2-11-25-23/h2-6,10-11,20-21,29H,7-9,12-18H2,1H3. The van der Waals surface area contributed by atoms with Crippen LogP contribution in [0.25, 0.3) is 0 Å². The van der Waals surface area contributed by atoms with Crippen molar-refractivity contribution in [1.82, 2.24) is 24.7 Å². The van der Waals surface area contributed by atoms with E-state index in [1.807, 2.05) is 12.1 Å². The molecular formula is C23H33N5O2. The number of likely N-dealkylation sites (tertiary alicyclic amines) is 1. The molecule has 0 spiro atoms. The van der Waals surface area contributed by atoms with E-state index in [1.54, 1.807) is 18.5 Å². The summed E-state index contributed by atoms with van der Waals surface area (Å²) in [5.41, 5.74) is 1.27. The molecule has 2 saturated heterocycles. The number of ether oxygens (including phenoxy) is 1. The summed E-state index contributed by atoms with van der Waals surface area (Å²) in [5.74, 6) is 0.746. The van der Waals surface area contributed by atoms with Gasteiger partial charge in [-0.2, -0.15) is 0 Å². The van der Waals surface area contributed by atoms with Crippen LogP contribution in [0.5, 0.6) is 11.8 Å². The Balaban J connectivity index is 1.32. The predicted molar refractivity (Wildman–Crippen MR) is 117 cm³/mol. The zero-order valence-corrected chi connectivity index (χ0v) is 17.9. The van der Waals surface area contributed by atoms with Crippen molar-refractivity contribution in [1.29, 1.82) is 0 Å². The van der Waals surface area contributed by atoms with E-state index in [-0.39, 0.29) is 6.61 Å². The Morgan fingerprint density at radius 2 is 1.77 bits per heavy atom. The maximum absolute atomic E-state index is 9.63. The first-order valence-corrected chi connectivity index (χ1v) is 11.0. The zero-order chi connectivity index (χ0) is 20.8. The van der Waals surface area contributed by atoms with Gasteiger partial charge in [-0.15, -0.1) is 0 Å². The number of piperidine rings is 1. The van der Waals surface area contributed by atoms with Crippen LogP contribution in [0.15, 0.2) is 42.7 Å². The van der Waals surface area contributed by atoms with E-state index in [1.165, 1.54) is 31.5 Å². The number of nitrogens with zero attached hydrogens (tertiary/aromatic N) is 5. The highest BCUT2D eigenvalue weighted by Gasteiger charge is 2.32. The monoisotopic (exact) mass is 411 g/mol. The van der Waals surface area contributed by atoms with Crippen molar-refractivity contribution in [2.75, 3.05) is 46.4 Å². The van der Waals surface area contributed by atoms with Crippen molar-refractivity contribution in [3.8, 4) is 11.8 Å². The van der Waals surface area contributed by atoms with Gasteiger partial charge in [0, 0.05) is 57.3 Å². The third-order valence-electron chi connectivity index (χ3n) is 6.31. The Hall–Kier alpha value is -2.06. The minimum Gasteiger partial charge on any atom is -0.424 e. The van der Waals surface area contributed by atoms with Gasteiger partial charge in [0.2, 0.25) is 0 Å². The van der Waals surface area contributed by atoms with Crippen LogP contribution in [-0.2, 0) is 6.54 Å². The molecule has 7 heteroatoms. The number of rotatable bonds is 7. The molecule has 2 aliphatic heterocycles. The van der Waals surface area contributed by atoms with Gasteiger partial charge in [0.1, 0.15) is 5.75 Å². The zero-order valence-electron chi connectivity index (χ0n) is 17.9. The second kappa shape index (κ2) is 10.3. The van der Waals surface area contributed by atoms with Crippen LogP contribution in [0.1, 0.15) is 24.8 Å². The molecule has 1 aromatic carbocycles. The first kappa shape index (κ1) is 21.2. The maximum atomic E-state index is 9.63.